The number of hydrogen-bond donors (Lipinski definition) is 2. The Morgan fingerprint density at radius 1 is 1.15 bits per heavy atom. The minimum Gasteiger partial charge on any atom is -0.497 e. The van der Waals surface area contributed by atoms with E-state index in [1.54, 1.807) is 7.11 Å². The highest BCUT2D eigenvalue weighted by atomic mass is 16.5. The first-order valence-electron chi connectivity index (χ1n) is 6.44. The first-order valence-corrected chi connectivity index (χ1v) is 6.44. The highest BCUT2D eigenvalue weighted by Crippen LogP contribution is 2.27. The maximum absolute atomic E-state index is 5.50. The van der Waals surface area contributed by atoms with Crippen LogP contribution in [0, 0.1) is 0 Å². The maximum atomic E-state index is 5.50. The van der Waals surface area contributed by atoms with Crippen molar-refractivity contribution >= 4 is 5.82 Å². The van der Waals surface area contributed by atoms with E-state index >= 15 is 0 Å². The number of aromatic nitrogens is 2. The van der Waals surface area contributed by atoms with Crippen LogP contribution in [0.1, 0.15) is 26.5 Å². The largest absolute Gasteiger partial charge is 0.497 e. The SMILES string of the molecule is COc1cccc(-c2nc(NN)cc(C(C)(C)C)n2)c1. The molecule has 0 fully saturated rings. The summed E-state index contributed by atoms with van der Waals surface area (Å²) < 4.78 is 5.23. The van der Waals surface area contributed by atoms with Crippen LogP contribution in [-0.2, 0) is 5.41 Å². The molecule has 0 saturated heterocycles. The Labute approximate surface area is 119 Å². The van der Waals surface area contributed by atoms with Gasteiger partial charge in [-0.2, -0.15) is 0 Å². The third-order valence-corrected chi connectivity index (χ3v) is 2.97. The van der Waals surface area contributed by atoms with Gasteiger partial charge in [-0.1, -0.05) is 32.9 Å². The van der Waals surface area contributed by atoms with Gasteiger partial charge in [0.1, 0.15) is 11.6 Å². The lowest BCUT2D eigenvalue weighted by molar-refractivity contribution is 0.415. The van der Waals surface area contributed by atoms with Gasteiger partial charge in [0, 0.05) is 17.0 Å². The molecule has 0 unspecified atom stereocenters. The van der Waals surface area contributed by atoms with Crippen LogP contribution in [0.2, 0.25) is 0 Å². The second-order valence-electron chi connectivity index (χ2n) is 5.59. The molecule has 2 rings (SSSR count). The molecule has 5 heteroatoms. The van der Waals surface area contributed by atoms with Gasteiger partial charge < -0.3 is 10.2 Å². The Hall–Kier alpha value is -2.14. The van der Waals surface area contributed by atoms with E-state index in [-0.39, 0.29) is 5.41 Å². The summed E-state index contributed by atoms with van der Waals surface area (Å²) in [6.07, 6.45) is 0. The fraction of sp³-hybridized carbons (Fsp3) is 0.333. The molecule has 0 aliphatic rings. The van der Waals surface area contributed by atoms with Gasteiger partial charge in [-0.05, 0) is 12.1 Å². The second kappa shape index (κ2) is 5.46. The number of hydrazine groups is 1. The molecular weight excluding hydrogens is 252 g/mol. The van der Waals surface area contributed by atoms with Gasteiger partial charge in [-0.15, -0.1) is 0 Å². The number of nitrogens with one attached hydrogen (secondary N) is 1. The summed E-state index contributed by atoms with van der Waals surface area (Å²) in [6.45, 7) is 6.31. The summed E-state index contributed by atoms with van der Waals surface area (Å²) in [5.41, 5.74) is 4.34. The van der Waals surface area contributed by atoms with Gasteiger partial charge in [0.05, 0.1) is 12.8 Å². The van der Waals surface area contributed by atoms with E-state index in [2.05, 4.69) is 36.2 Å². The van der Waals surface area contributed by atoms with Gasteiger partial charge in [0.25, 0.3) is 0 Å². The smallest absolute Gasteiger partial charge is 0.161 e. The molecule has 0 radical (unpaired) electrons. The summed E-state index contributed by atoms with van der Waals surface area (Å²) in [6, 6.07) is 9.52. The Balaban J connectivity index is 2.55. The fourth-order valence-electron chi connectivity index (χ4n) is 1.80. The van der Waals surface area contributed by atoms with Crippen molar-refractivity contribution in [3.8, 4) is 17.1 Å². The summed E-state index contributed by atoms with van der Waals surface area (Å²) in [5, 5.41) is 0. The molecule has 5 nitrogen and oxygen atoms in total. The highest BCUT2D eigenvalue weighted by molar-refractivity contribution is 5.60. The molecule has 1 heterocycles. The van der Waals surface area contributed by atoms with Crippen molar-refractivity contribution in [3.63, 3.8) is 0 Å². The van der Waals surface area contributed by atoms with Crippen molar-refractivity contribution < 1.29 is 4.74 Å². The topological polar surface area (TPSA) is 73.1 Å². The van der Waals surface area contributed by atoms with E-state index in [0.717, 1.165) is 17.0 Å². The minimum atomic E-state index is -0.0812. The Morgan fingerprint density at radius 2 is 1.90 bits per heavy atom. The van der Waals surface area contributed by atoms with Crippen molar-refractivity contribution in [1.82, 2.24) is 9.97 Å². The van der Waals surface area contributed by atoms with Crippen molar-refractivity contribution in [2.45, 2.75) is 26.2 Å². The van der Waals surface area contributed by atoms with Crippen molar-refractivity contribution in [3.05, 3.63) is 36.0 Å². The normalized spacial score (nSPS) is 11.2. The number of nitrogens with zero attached hydrogens (tertiary/aromatic N) is 2. The average Bonchev–Trinajstić information content (AvgIpc) is 2.46. The zero-order chi connectivity index (χ0) is 14.8. The standard InChI is InChI=1S/C15H20N4O/c1-15(2,3)12-9-13(19-16)18-14(17-12)10-6-5-7-11(8-10)20-4/h5-9H,16H2,1-4H3,(H,17,18,19). The molecule has 20 heavy (non-hydrogen) atoms. The number of rotatable bonds is 3. The van der Waals surface area contributed by atoms with Crippen LogP contribution in [-0.4, -0.2) is 17.1 Å². The van der Waals surface area contributed by atoms with E-state index in [0.29, 0.717) is 11.6 Å². The van der Waals surface area contributed by atoms with Gasteiger partial charge in [0.15, 0.2) is 5.82 Å². The number of nitrogens with two attached hydrogens (primary N) is 1. The summed E-state index contributed by atoms with van der Waals surface area (Å²) in [5.74, 6) is 7.50. The summed E-state index contributed by atoms with van der Waals surface area (Å²) >= 11 is 0. The van der Waals surface area contributed by atoms with Gasteiger partial charge in [-0.25, -0.2) is 15.8 Å². The van der Waals surface area contributed by atoms with E-state index in [9.17, 15) is 0 Å². The molecule has 1 aromatic heterocycles. The third kappa shape index (κ3) is 3.05. The quantitative estimate of drug-likeness (QED) is 0.664. The van der Waals surface area contributed by atoms with Crippen LogP contribution in [0.3, 0.4) is 0 Å². The van der Waals surface area contributed by atoms with Crippen LogP contribution < -0.4 is 16.0 Å². The van der Waals surface area contributed by atoms with Crippen molar-refractivity contribution in [1.29, 1.82) is 0 Å². The van der Waals surface area contributed by atoms with Gasteiger partial charge >= 0.3 is 0 Å². The third-order valence-electron chi connectivity index (χ3n) is 2.97. The first-order chi connectivity index (χ1) is 9.44. The molecule has 1 aromatic carbocycles. The molecule has 0 aliphatic heterocycles. The van der Waals surface area contributed by atoms with E-state index in [1.807, 2.05) is 30.3 Å². The van der Waals surface area contributed by atoms with E-state index in [4.69, 9.17) is 10.6 Å². The predicted octanol–water partition coefficient (Wildman–Crippen LogP) is 2.74. The lowest BCUT2D eigenvalue weighted by Crippen LogP contribution is -2.17. The molecule has 0 atom stereocenters. The van der Waals surface area contributed by atoms with Crippen molar-refractivity contribution in [2.75, 3.05) is 12.5 Å². The molecule has 3 N–H and O–H groups in total. The zero-order valence-corrected chi connectivity index (χ0v) is 12.3. The first kappa shape index (κ1) is 14.3. The fourth-order valence-corrected chi connectivity index (χ4v) is 1.80. The van der Waals surface area contributed by atoms with Gasteiger partial charge in [-0.3, -0.25) is 0 Å². The molecule has 0 amide bonds. The number of ether oxygens (including phenoxy) is 1. The Bertz CT molecular complexity index is 605. The van der Waals surface area contributed by atoms with E-state index in [1.165, 1.54) is 0 Å². The van der Waals surface area contributed by atoms with E-state index < -0.39 is 0 Å². The monoisotopic (exact) mass is 272 g/mol. The molecule has 0 spiro atoms. The Kier molecular flexibility index (Phi) is 3.90. The van der Waals surface area contributed by atoms with Gasteiger partial charge in [0.2, 0.25) is 0 Å². The molecule has 0 aliphatic carbocycles. The van der Waals surface area contributed by atoms with Crippen LogP contribution in [0.25, 0.3) is 11.4 Å². The maximum Gasteiger partial charge on any atom is 0.161 e. The number of anilines is 1. The highest BCUT2D eigenvalue weighted by Gasteiger charge is 2.18. The molecule has 2 aromatic rings. The van der Waals surface area contributed by atoms with Crippen LogP contribution in [0.5, 0.6) is 5.75 Å². The number of benzene rings is 1. The molecule has 106 valence electrons. The van der Waals surface area contributed by atoms with Crippen molar-refractivity contribution in [2.24, 2.45) is 5.84 Å². The number of nitrogen functional groups attached to an aromatic ring is 1. The predicted molar refractivity (Wildman–Crippen MR) is 80.5 cm³/mol. The second-order valence-corrected chi connectivity index (χ2v) is 5.59. The summed E-state index contributed by atoms with van der Waals surface area (Å²) in [7, 11) is 1.64. The molecular formula is C15H20N4O. The van der Waals surface area contributed by atoms with Crippen LogP contribution in [0.15, 0.2) is 30.3 Å². The van der Waals surface area contributed by atoms with Crippen LogP contribution in [0.4, 0.5) is 5.82 Å². The average molecular weight is 272 g/mol. The lowest BCUT2D eigenvalue weighted by Gasteiger charge is -2.19. The molecule has 0 saturated carbocycles. The van der Waals surface area contributed by atoms with Crippen LogP contribution >= 0.6 is 0 Å². The lowest BCUT2D eigenvalue weighted by atomic mass is 9.92. The number of hydrogen-bond acceptors (Lipinski definition) is 5. The zero-order valence-electron chi connectivity index (χ0n) is 12.3. The number of methoxy groups -OCH3 is 1. The summed E-state index contributed by atoms with van der Waals surface area (Å²) in [4.78, 5) is 9.04. The Morgan fingerprint density at radius 3 is 2.50 bits per heavy atom. The molecule has 0 bridgehead atoms. The minimum absolute atomic E-state index is 0.0812.